The van der Waals surface area contributed by atoms with Gasteiger partial charge in [-0.15, -0.1) is 0 Å². The lowest BCUT2D eigenvalue weighted by atomic mass is 10.0. The summed E-state index contributed by atoms with van der Waals surface area (Å²) in [6.07, 6.45) is 23.7. The molecule has 0 aliphatic heterocycles. The fourth-order valence-corrected chi connectivity index (χ4v) is 4.92. The van der Waals surface area contributed by atoms with Crippen molar-refractivity contribution in [2.24, 2.45) is 0 Å². The third-order valence-corrected chi connectivity index (χ3v) is 7.45. The number of aliphatic hydroxyl groups excluding tert-OH is 1. The highest BCUT2D eigenvalue weighted by molar-refractivity contribution is 5.69. The molecule has 0 radical (unpaired) electrons. The zero-order chi connectivity index (χ0) is 28.8. The third-order valence-electron chi connectivity index (χ3n) is 7.45. The molecule has 0 saturated carbocycles. The second-order valence-electron chi connectivity index (χ2n) is 11.3. The van der Waals surface area contributed by atoms with E-state index in [1.165, 1.54) is 64.2 Å². The van der Waals surface area contributed by atoms with Crippen LogP contribution in [0.5, 0.6) is 0 Å². The van der Waals surface area contributed by atoms with Crippen LogP contribution in [0.3, 0.4) is 0 Å². The molecule has 0 aromatic rings. The number of ether oxygens (including phenoxy) is 2. The van der Waals surface area contributed by atoms with Gasteiger partial charge in [0.1, 0.15) is 6.10 Å². The molecule has 0 heterocycles. The van der Waals surface area contributed by atoms with Crippen molar-refractivity contribution in [2.75, 3.05) is 32.8 Å². The van der Waals surface area contributed by atoms with Crippen molar-refractivity contribution in [3.63, 3.8) is 0 Å². The van der Waals surface area contributed by atoms with Crippen LogP contribution >= 0.6 is 0 Å². The molecule has 0 aliphatic carbocycles. The molecule has 0 rings (SSSR count). The maximum absolute atomic E-state index is 12.6. The number of esters is 2. The maximum atomic E-state index is 12.6. The standard InChI is InChI=1S/C33H65NO5/c1-4-7-10-12-14-17-22-31(23-18-15-13-11-8-5-2)39-33(37)24-19-16-20-26-34(28-29-35)27-21-25-32(36)38-30-9-6-3/h31,35H,4-30H2,1-3H3. The Hall–Kier alpha value is -1.14. The average Bonchev–Trinajstić information content (AvgIpc) is 2.92. The van der Waals surface area contributed by atoms with Crippen LogP contribution in [0.25, 0.3) is 0 Å². The topological polar surface area (TPSA) is 76.1 Å². The van der Waals surface area contributed by atoms with Crippen LogP contribution in [-0.4, -0.2) is 60.9 Å². The molecule has 6 heteroatoms. The van der Waals surface area contributed by atoms with Gasteiger partial charge >= 0.3 is 11.9 Å². The summed E-state index contributed by atoms with van der Waals surface area (Å²) < 4.78 is 11.2. The first-order chi connectivity index (χ1) is 19.1. The lowest BCUT2D eigenvalue weighted by Crippen LogP contribution is -2.29. The molecular formula is C33H65NO5. The van der Waals surface area contributed by atoms with Gasteiger partial charge in [-0.1, -0.05) is 97.8 Å². The second kappa shape index (κ2) is 29.8. The van der Waals surface area contributed by atoms with Crippen LogP contribution in [0, 0.1) is 0 Å². The molecule has 232 valence electrons. The van der Waals surface area contributed by atoms with E-state index >= 15 is 0 Å². The van der Waals surface area contributed by atoms with Crippen LogP contribution < -0.4 is 0 Å². The molecule has 0 aromatic heterocycles. The molecule has 6 nitrogen and oxygen atoms in total. The largest absolute Gasteiger partial charge is 0.466 e. The van der Waals surface area contributed by atoms with Gasteiger partial charge in [0.15, 0.2) is 0 Å². The molecule has 1 N–H and O–H groups in total. The van der Waals surface area contributed by atoms with Crippen LogP contribution in [-0.2, 0) is 19.1 Å². The second-order valence-corrected chi connectivity index (χ2v) is 11.3. The molecule has 39 heavy (non-hydrogen) atoms. The van der Waals surface area contributed by atoms with Gasteiger partial charge in [0, 0.05) is 19.4 Å². The van der Waals surface area contributed by atoms with E-state index < -0.39 is 0 Å². The van der Waals surface area contributed by atoms with Gasteiger partial charge < -0.3 is 19.5 Å². The fourth-order valence-electron chi connectivity index (χ4n) is 4.92. The summed E-state index contributed by atoms with van der Waals surface area (Å²) in [6, 6.07) is 0. The molecule has 0 amide bonds. The minimum Gasteiger partial charge on any atom is -0.466 e. The van der Waals surface area contributed by atoms with Crippen molar-refractivity contribution >= 4 is 11.9 Å². The quantitative estimate of drug-likeness (QED) is 0.0708. The van der Waals surface area contributed by atoms with Crippen LogP contribution in [0.2, 0.25) is 0 Å². The summed E-state index contributed by atoms with van der Waals surface area (Å²) in [7, 11) is 0. The Morgan fingerprint density at radius 1 is 0.590 bits per heavy atom. The zero-order valence-corrected chi connectivity index (χ0v) is 26.2. The number of carbonyl (C=O) groups excluding carboxylic acids is 2. The van der Waals surface area contributed by atoms with E-state index in [2.05, 4.69) is 25.7 Å². The molecular weight excluding hydrogens is 490 g/mol. The van der Waals surface area contributed by atoms with Crippen LogP contribution in [0.1, 0.15) is 162 Å². The Balaban J connectivity index is 4.21. The zero-order valence-electron chi connectivity index (χ0n) is 26.2. The van der Waals surface area contributed by atoms with Gasteiger partial charge in [-0.2, -0.15) is 0 Å². The maximum Gasteiger partial charge on any atom is 0.306 e. The molecule has 0 atom stereocenters. The molecule has 0 fully saturated rings. The summed E-state index contributed by atoms with van der Waals surface area (Å²) in [4.78, 5) is 26.6. The molecule has 0 unspecified atom stereocenters. The highest BCUT2D eigenvalue weighted by Crippen LogP contribution is 2.18. The number of aliphatic hydroxyl groups is 1. The predicted octanol–water partition coefficient (Wildman–Crippen LogP) is 8.38. The summed E-state index contributed by atoms with van der Waals surface area (Å²) >= 11 is 0. The lowest BCUT2D eigenvalue weighted by molar-refractivity contribution is -0.150. The predicted molar refractivity (Wildman–Crippen MR) is 163 cm³/mol. The van der Waals surface area contributed by atoms with Gasteiger partial charge in [0.05, 0.1) is 13.2 Å². The highest BCUT2D eigenvalue weighted by Gasteiger charge is 2.14. The first kappa shape index (κ1) is 37.9. The molecule has 0 aromatic carbocycles. The lowest BCUT2D eigenvalue weighted by Gasteiger charge is -2.21. The first-order valence-corrected chi connectivity index (χ1v) is 16.8. The van der Waals surface area contributed by atoms with E-state index in [1.54, 1.807) is 0 Å². The summed E-state index contributed by atoms with van der Waals surface area (Å²) in [5.74, 6) is -0.164. The fraction of sp³-hybridized carbons (Fsp3) is 0.939. The van der Waals surface area contributed by atoms with E-state index in [9.17, 15) is 14.7 Å². The van der Waals surface area contributed by atoms with Crippen LogP contribution in [0.4, 0.5) is 0 Å². The number of nitrogens with zero attached hydrogens (tertiary/aromatic N) is 1. The molecule has 0 saturated heterocycles. The number of carbonyl (C=O) groups is 2. The smallest absolute Gasteiger partial charge is 0.306 e. The normalized spacial score (nSPS) is 11.4. The number of rotatable bonds is 30. The van der Waals surface area contributed by atoms with Crippen molar-refractivity contribution in [3.8, 4) is 0 Å². The van der Waals surface area contributed by atoms with Gasteiger partial charge in [-0.25, -0.2) is 0 Å². The van der Waals surface area contributed by atoms with E-state index in [-0.39, 0.29) is 24.6 Å². The van der Waals surface area contributed by atoms with Crippen molar-refractivity contribution in [2.45, 2.75) is 168 Å². The Morgan fingerprint density at radius 2 is 1.10 bits per heavy atom. The number of hydrogen-bond acceptors (Lipinski definition) is 6. The van der Waals surface area contributed by atoms with Gasteiger partial charge in [-0.05, 0) is 64.5 Å². The highest BCUT2D eigenvalue weighted by atomic mass is 16.5. The summed E-state index contributed by atoms with van der Waals surface area (Å²) in [5, 5.41) is 9.38. The summed E-state index contributed by atoms with van der Waals surface area (Å²) in [6.45, 7) is 9.47. The number of unbranched alkanes of at least 4 members (excludes halogenated alkanes) is 13. The van der Waals surface area contributed by atoms with Crippen molar-refractivity contribution in [3.05, 3.63) is 0 Å². The van der Waals surface area contributed by atoms with Gasteiger partial charge in [-0.3, -0.25) is 9.59 Å². The Morgan fingerprint density at radius 3 is 1.69 bits per heavy atom. The Labute approximate surface area is 242 Å². The van der Waals surface area contributed by atoms with Crippen molar-refractivity contribution < 1.29 is 24.2 Å². The van der Waals surface area contributed by atoms with E-state index in [4.69, 9.17) is 9.47 Å². The Bertz CT molecular complexity index is 526. The monoisotopic (exact) mass is 555 g/mol. The SMILES string of the molecule is CCCCCCCCC(CCCCCCCC)OC(=O)CCCCCN(CCO)CCCC(=O)OCCCC. The summed E-state index contributed by atoms with van der Waals surface area (Å²) in [5.41, 5.74) is 0. The van der Waals surface area contributed by atoms with Crippen molar-refractivity contribution in [1.82, 2.24) is 4.90 Å². The van der Waals surface area contributed by atoms with E-state index in [1.807, 2.05) is 0 Å². The molecule has 0 spiro atoms. The van der Waals surface area contributed by atoms with Crippen molar-refractivity contribution in [1.29, 1.82) is 0 Å². The Kier molecular flexibility index (Phi) is 29.0. The van der Waals surface area contributed by atoms with Gasteiger partial charge in [0.25, 0.3) is 0 Å². The van der Waals surface area contributed by atoms with Crippen LogP contribution in [0.15, 0.2) is 0 Å². The van der Waals surface area contributed by atoms with Gasteiger partial charge in [0.2, 0.25) is 0 Å². The molecule has 0 bridgehead atoms. The molecule has 0 aliphatic rings. The minimum atomic E-state index is -0.128. The first-order valence-electron chi connectivity index (χ1n) is 16.8. The van der Waals surface area contributed by atoms with E-state index in [0.717, 1.165) is 77.3 Å². The van der Waals surface area contributed by atoms with E-state index in [0.29, 0.717) is 26.0 Å². The third kappa shape index (κ3) is 26.8. The number of hydrogen-bond donors (Lipinski definition) is 1. The average molecular weight is 556 g/mol. The minimum absolute atomic E-state index is 0.0363.